The summed E-state index contributed by atoms with van der Waals surface area (Å²) in [7, 11) is 2.35. The van der Waals surface area contributed by atoms with Crippen LogP contribution in [0.1, 0.15) is 73.6 Å². The fourth-order valence-electron chi connectivity index (χ4n) is 3.49. The van der Waals surface area contributed by atoms with Gasteiger partial charge in [-0.15, -0.1) is 0 Å². The third kappa shape index (κ3) is 5.73. The van der Waals surface area contributed by atoms with E-state index >= 15 is 0 Å². The Kier molecular flexibility index (Phi) is 7.00. The summed E-state index contributed by atoms with van der Waals surface area (Å²) in [6.45, 7) is 15.0. The maximum atomic E-state index is 3.70. The third-order valence-corrected chi connectivity index (χ3v) is 5.10. The summed E-state index contributed by atoms with van der Waals surface area (Å²) in [4.78, 5) is 2.68. The van der Waals surface area contributed by atoms with Crippen molar-refractivity contribution < 1.29 is 0 Å². The molecule has 0 bridgehead atoms. The predicted octanol–water partition coefficient (Wildman–Crippen LogP) is 4.30. The van der Waals surface area contributed by atoms with E-state index < -0.39 is 0 Å². The van der Waals surface area contributed by atoms with Gasteiger partial charge in [-0.2, -0.15) is 0 Å². The van der Waals surface area contributed by atoms with E-state index in [-0.39, 0.29) is 5.54 Å². The van der Waals surface area contributed by atoms with Crippen LogP contribution in [0.25, 0.3) is 0 Å². The highest BCUT2D eigenvalue weighted by Crippen LogP contribution is 2.30. The Hall–Kier alpha value is -0.0800. The number of nitrogens with zero attached hydrogens (tertiary/aromatic N) is 1. The first-order chi connectivity index (χ1) is 9.24. The van der Waals surface area contributed by atoms with Crippen molar-refractivity contribution in [1.29, 1.82) is 0 Å². The Morgan fingerprint density at radius 2 is 1.65 bits per heavy atom. The van der Waals surface area contributed by atoms with Gasteiger partial charge in [-0.25, -0.2) is 0 Å². The molecular formula is C18H38N2. The maximum Gasteiger partial charge on any atom is 0.0243 e. The summed E-state index contributed by atoms with van der Waals surface area (Å²) < 4.78 is 0. The van der Waals surface area contributed by atoms with Gasteiger partial charge in [-0.1, -0.05) is 27.2 Å². The van der Waals surface area contributed by atoms with E-state index in [1.165, 1.54) is 32.1 Å². The molecule has 1 rings (SSSR count). The van der Waals surface area contributed by atoms with Crippen LogP contribution in [0, 0.1) is 11.8 Å². The third-order valence-electron chi connectivity index (χ3n) is 5.10. The van der Waals surface area contributed by atoms with Gasteiger partial charge in [0.2, 0.25) is 0 Å². The van der Waals surface area contributed by atoms with E-state index in [0.717, 1.165) is 18.5 Å². The Labute approximate surface area is 127 Å². The van der Waals surface area contributed by atoms with Crippen LogP contribution >= 0.6 is 0 Å². The Morgan fingerprint density at radius 1 is 1.10 bits per heavy atom. The standard InChI is InChI=1S/C18H38N2/c1-8-15-9-11-16(12-10-15)20(7)17(14(2)3)13-19-18(4,5)6/h14-17,19H,8-13H2,1-7H3. The van der Waals surface area contributed by atoms with Gasteiger partial charge < -0.3 is 5.32 Å². The zero-order valence-corrected chi connectivity index (χ0v) is 15.0. The fourth-order valence-corrected chi connectivity index (χ4v) is 3.49. The van der Waals surface area contributed by atoms with Gasteiger partial charge in [0.05, 0.1) is 0 Å². The van der Waals surface area contributed by atoms with Gasteiger partial charge in [0, 0.05) is 24.2 Å². The summed E-state index contributed by atoms with van der Waals surface area (Å²) >= 11 is 0. The monoisotopic (exact) mass is 282 g/mol. The highest BCUT2D eigenvalue weighted by atomic mass is 15.2. The van der Waals surface area contributed by atoms with E-state index in [4.69, 9.17) is 0 Å². The quantitative estimate of drug-likeness (QED) is 0.781. The molecule has 1 saturated carbocycles. The SMILES string of the molecule is CCC1CCC(N(C)C(CNC(C)(C)C)C(C)C)CC1. The molecule has 0 radical (unpaired) electrons. The second-order valence-electron chi connectivity index (χ2n) is 8.19. The summed E-state index contributed by atoms with van der Waals surface area (Å²) in [5, 5.41) is 3.70. The summed E-state index contributed by atoms with van der Waals surface area (Å²) in [5.74, 6) is 1.70. The Bertz CT molecular complexity index is 259. The first-order valence-corrected chi connectivity index (χ1v) is 8.71. The van der Waals surface area contributed by atoms with Crippen molar-refractivity contribution >= 4 is 0 Å². The summed E-state index contributed by atoms with van der Waals surface area (Å²) in [5.41, 5.74) is 0.216. The van der Waals surface area contributed by atoms with Gasteiger partial charge >= 0.3 is 0 Å². The molecule has 2 nitrogen and oxygen atoms in total. The molecule has 0 heterocycles. The molecule has 0 amide bonds. The molecule has 1 fully saturated rings. The minimum absolute atomic E-state index is 0.216. The van der Waals surface area contributed by atoms with E-state index in [2.05, 4.69) is 58.8 Å². The largest absolute Gasteiger partial charge is 0.311 e. The van der Waals surface area contributed by atoms with Gasteiger partial charge in [-0.3, -0.25) is 4.90 Å². The molecule has 0 aliphatic heterocycles. The second-order valence-corrected chi connectivity index (χ2v) is 8.19. The Morgan fingerprint density at radius 3 is 2.05 bits per heavy atom. The molecule has 0 aromatic heterocycles. The lowest BCUT2D eigenvalue weighted by molar-refractivity contribution is 0.0893. The minimum atomic E-state index is 0.216. The first kappa shape index (κ1) is 18.0. The van der Waals surface area contributed by atoms with E-state index in [1.807, 2.05) is 0 Å². The molecule has 0 spiro atoms. The zero-order chi connectivity index (χ0) is 15.3. The second kappa shape index (κ2) is 7.79. The van der Waals surface area contributed by atoms with Gasteiger partial charge in [0.25, 0.3) is 0 Å². The van der Waals surface area contributed by atoms with Crippen molar-refractivity contribution in [2.75, 3.05) is 13.6 Å². The summed E-state index contributed by atoms with van der Waals surface area (Å²) in [6, 6.07) is 1.45. The molecule has 1 aliphatic rings. The topological polar surface area (TPSA) is 15.3 Å². The van der Waals surface area contributed by atoms with Gasteiger partial charge in [0.1, 0.15) is 0 Å². The lowest BCUT2D eigenvalue weighted by Crippen LogP contribution is -2.52. The molecule has 120 valence electrons. The van der Waals surface area contributed by atoms with Gasteiger partial charge in [-0.05, 0) is 65.3 Å². The molecule has 0 aromatic carbocycles. The van der Waals surface area contributed by atoms with Crippen LogP contribution in [-0.4, -0.2) is 36.1 Å². The van der Waals surface area contributed by atoms with Crippen LogP contribution in [0.2, 0.25) is 0 Å². The zero-order valence-electron chi connectivity index (χ0n) is 15.0. The molecule has 1 unspecified atom stereocenters. The average molecular weight is 283 g/mol. The van der Waals surface area contributed by atoms with Crippen LogP contribution in [0.5, 0.6) is 0 Å². The molecule has 20 heavy (non-hydrogen) atoms. The average Bonchev–Trinajstić information content (AvgIpc) is 2.37. The number of nitrogens with one attached hydrogen (secondary N) is 1. The maximum absolute atomic E-state index is 3.70. The smallest absolute Gasteiger partial charge is 0.0243 e. The lowest BCUT2D eigenvalue weighted by Gasteiger charge is -2.41. The molecular weight excluding hydrogens is 244 g/mol. The highest BCUT2D eigenvalue weighted by molar-refractivity contribution is 4.86. The van der Waals surface area contributed by atoms with Crippen LogP contribution in [0.3, 0.4) is 0 Å². The van der Waals surface area contributed by atoms with Crippen LogP contribution in [-0.2, 0) is 0 Å². The van der Waals surface area contributed by atoms with Gasteiger partial charge in [0.15, 0.2) is 0 Å². The van der Waals surface area contributed by atoms with Crippen LogP contribution < -0.4 is 5.32 Å². The molecule has 0 aromatic rings. The molecule has 1 N–H and O–H groups in total. The van der Waals surface area contributed by atoms with E-state index in [1.54, 1.807) is 0 Å². The van der Waals surface area contributed by atoms with Crippen LogP contribution in [0.4, 0.5) is 0 Å². The number of hydrogen-bond donors (Lipinski definition) is 1. The number of hydrogen-bond acceptors (Lipinski definition) is 2. The van der Waals surface area contributed by atoms with Crippen molar-refractivity contribution in [2.45, 2.75) is 91.3 Å². The molecule has 1 atom stereocenters. The highest BCUT2D eigenvalue weighted by Gasteiger charge is 2.29. The van der Waals surface area contributed by atoms with Crippen molar-refractivity contribution in [3.8, 4) is 0 Å². The normalized spacial score (nSPS) is 26.2. The minimum Gasteiger partial charge on any atom is -0.311 e. The molecule has 1 aliphatic carbocycles. The van der Waals surface area contributed by atoms with Crippen molar-refractivity contribution in [3.05, 3.63) is 0 Å². The van der Waals surface area contributed by atoms with Crippen molar-refractivity contribution in [2.24, 2.45) is 11.8 Å². The predicted molar refractivity (Wildman–Crippen MR) is 90.2 cm³/mol. The van der Waals surface area contributed by atoms with Crippen molar-refractivity contribution in [3.63, 3.8) is 0 Å². The fraction of sp³-hybridized carbons (Fsp3) is 1.00. The summed E-state index contributed by atoms with van der Waals surface area (Å²) in [6.07, 6.45) is 7.03. The number of likely N-dealkylation sites (N-methyl/N-ethyl adjacent to an activating group) is 1. The van der Waals surface area contributed by atoms with Crippen LogP contribution in [0.15, 0.2) is 0 Å². The first-order valence-electron chi connectivity index (χ1n) is 8.71. The molecule has 2 heteroatoms. The lowest BCUT2D eigenvalue weighted by atomic mass is 9.83. The number of rotatable bonds is 6. The van der Waals surface area contributed by atoms with E-state index in [0.29, 0.717) is 12.0 Å². The van der Waals surface area contributed by atoms with E-state index in [9.17, 15) is 0 Å². The van der Waals surface area contributed by atoms with Crippen molar-refractivity contribution in [1.82, 2.24) is 10.2 Å². The Balaban J connectivity index is 2.54. The molecule has 0 saturated heterocycles.